The summed E-state index contributed by atoms with van der Waals surface area (Å²) in [5.74, 6) is 0.0116. The molecule has 0 amide bonds. The van der Waals surface area contributed by atoms with Crippen molar-refractivity contribution in [3.05, 3.63) is 0 Å². The molecule has 1 N–H and O–H groups in total. The van der Waals surface area contributed by atoms with Gasteiger partial charge in [0.25, 0.3) is 0 Å². The molecule has 0 heterocycles. The van der Waals surface area contributed by atoms with Crippen molar-refractivity contribution in [2.45, 2.75) is 38.4 Å². The maximum atomic E-state index is 10.9. The maximum Gasteiger partial charge on any atom is 0.147 e. The second-order valence-corrected chi connectivity index (χ2v) is 5.81. The van der Waals surface area contributed by atoms with Crippen LogP contribution in [0.1, 0.15) is 26.2 Å². The maximum absolute atomic E-state index is 10.9. The number of ether oxygens (including phenoxy) is 1. The van der Waals surface area contributed by atoms with Crippen LogP contribution < -0.4 is 0 Å². The molecule has 0 bridgehead atoms. The molecule has 0 aliphatic carbocycles. The van der Waals surface area contributed by atoms with Crippen LogP contribution in [0.5, 0.6) is 0 Å². The summed E-state index contributed by atoms with van der Waals surface area (Å²) in [5.41, 5.74) is 0. The van der Waals surface area contributed by atoms with Crippen LogP contribution in [0, 0.1) is 0 Å². The highest BCUT2D eigenvalue weighted by Crippen LogP contribution is 2.10. The molecule has 5 heteroatoms. The highest BCUT2D eigenvalue weighted by Gasteiger charge is 2.19. The Kier molecular flexibility index (Phi) is 6.31. The first-order chi connectivity index (χ1) is 6.40. The third-order valence-corrected chi connectivity index (χ3v) is 3.07. The van der Waals surface area contributed by atoms with Crippen LogP contribution in [-0.2, 0) is 14.6 Å². The van der Waals surface area contributed by atoms with Crippen LogP contribution >= 0.6 is 0 Å². The molecule has 0 aliphatic rings. The lowest BCUT2D eigenvalue weighted by Crippen LogP contribution is -2.29. The molecule has 0 saturated carbocycles. The summed E-state index contributed by atoms with van der Waals surface area (Å²) in [5, 5.41) is 9.61. The lowest BCUT2D eigenvalue weighted by Gasteiger charge is -2.20. The second kappa shape index (κ2) is 6.37. The van der Waals surface area contributed by atoms with E-state index >= 15 is 0 Å². The van der Waals surface area contributed by atoms with E-state index in [1.807, 2.05) is 6.92 Å². The van der Waals surface area contributed by atoms with Gasteiger partial charge in [0.15, 0.2) is 0 Å². The summed E-state index contributed by atoms with van der Waals surface area (Å²) in [6, 6.07) is 0. The van der Waals surface area contributed by atoms with Gasteiger partial charge in [-0.25, -0.2) is 8.42 Å². The first kappa shape index (κ1) is 13.9. The van der Waals surface area contributed by atoms with Crippen LogP contribution in [0.25, 0.3) is 0 Å². The quantitative estimate of drug-likeness (QED) is 0.687. The minimum Gasteiger partial charge on any atom is -0.390 e. The monoisotopic (exact) mass is 224 g/mol. The molecule has 0 aliphatic heterocycles. The van der Waals surface area contributed by atoms with Gasteiger partial charge in [0.05, 0.1) is 18.0 Å². The molecule has 14 heavy (non-hydrogen) atoms. The number of hydrogen-bond donors (Lipinski definition) is 1. The summed E-state index contributed by atoms with van der Waals surface area (Å²) in [6.07, 6.45) is 2.14. The van der Waals surface area contributed by atoms with Gasteiger partial charge in [0, 0.05) is 13.4 Å². The molecule has 0 aromatic carbocycles. The van der Waals surface area contributed by atoms with Gasteiger partial charge in [-0.2, -0.15) is 0 Å². The zero-order chi connectivity index (χ0) is 11.2. The van der Waals surface area contributed by atoms with Crippen molar-refractivity contribution in [3.63, 3.8) is 0 Å². The Hall–Kier alpha value is -0.130. The van der Waals surface area contributed by atoms with Crippen molar-refractivity contribution in [2.24, 2.45) is 0 Å². The molecule has 0 spiro atoms. The summed E-state index contributed by atoms with van der Waals surface area (Å²) in [7, 11) is -1.46. The Labute approximate surface area is 86.2 Å². The van der Waals surface area contributed by atoms with E-state index in [4.69, 9.17) is 4.74 Å². The van der Waals surface area contributed by atoms with Crippen LogP contribution in [0.3, 0.4) is 0 Å². The Morgan fingerprint density at radius 1 is 1.36 bits per heavy atom. The van der Waals surface area contributed by atoms with Crippen molar-refractivity contribution in [3.8, 4) is 0 Å². The topological polar surface area (TPSA) is 63.6 Å². The van der Waals surface area contributed by atoms with Crippen molar-refractivity contribution in [1.29, 1.82) is 0 Å². The molecule has 0 aromatic rings. The zero-order valence-corrected chi connectivity index (χ0v) is 9.88. The highest BCUT2D eigenvalue weighted by molar-refractivity contribution is 7.90. The number of methoxy groups -OCH3 is 1. The minimum atomic E-state index is -2.99. The van der Waals surface area contributed by atoms with E-state index in [2.05, 4.69) is 0 Å². The van der Waals surface area contributed by atoms with Gasteiger partial charge in [-0.3, -0.25) is 0 Å². The van der Waals surface area contributed by atoms with Gasteiger partial charge in [0.2, 0.25) is 0 Å². The zero-order valence-electron chi connectivity index (χ0n) is 9.06. The van der Waals surface area contributed by atoms with E-state index in [0.717, 1.165) is 12.8 Å². The molecule has 0 saturated heterocycles. The molecule has 4 nitrogen and oxygen atoms in total. The van der Waals surface area contributed by atoms with E-state index in [9.17, 15) is 13.5 Å². The molecule has 2 unspecified atom stereocenters. The molecule has 0 aromatic heterocycles. The molecule has 0 radical (unpaired) electrons. The van der Waals surface area contributed by atoms with Crippen LogP contribution in [0.4, 0.5) is 0 Å². The summed E-state index contributed by atoms with van der Waals surface area (Å²) >= 11 is 0. The molecular formula is C9H20O4S. The van der Waals surface area contributed by atoms with Gasteiger partial charge in [-0.15, -0.1) is 0 Å². The van der Waals surface area contributed by atoms with Gasteiger partial charge < -0.3 is 9.84 Å². The number of rotatable bonds is 7. The van der Waals surface area contributed by atoms with Crippen molar-refractivity contribution in [2.75, 3.05) is 19.1 Å². The Morgan fingerprint density at radius 2 is 1.93 bits per heavy atom. The SMILES string of the molecule is CCCC(OC)C(O)CCS(C)(=O)=O. The smallest absolute Gasteiger partial charge is 0.147 e. The standard InChI is InChI=1S/C9H20O4S/c1-4-5-9(13-2)8(10)6-7-14(3,11)12/h8-10H,4-7H2,1-3H3. The second-order valence-electron chi connectivity index (χ2n) is 3.55. The molecule has 2 atom stereocenters. The van der Waals surface area contributed by atoms with E-state index in [1.54, 1.807) is 0 Å². The fraction of sp³-hybridized carbons (Fsp3) is 1.00. The van der Waals surface area contributed by atoms with E-state index in [-0.39, 0.29) is 18.3 Å². The fourth-order valence-electron chi connectivity index (χ4n) is 1.27. The van der Waals surface area contributed by atoms with E-state index in [0.29, 0.717) is 0 Å². The van der Waals surface area contributed by atoms with E-state index < -0.39 is 15.9 Å². The lowest BCUT2D eigenvalue weighted by atomic mass is 10.1. The summed E-state index contributed by atoms with van der Waals surface area (Å²) < 4.78 is 26.8. The predicted octanol–water partition coefficient (Wildman–Crippen LogP) is 0.597. The molecule has 86 valence electrons. The Bertz CT molecular complexity index is 235. The Morgan fingerprint density at radius 3 is 2.29 bits per heavy atom. The lowest BCUT2D eigenvalue weighted by molar-refractivity contribution is -0.0174. The van der Waals surface area contributed by atoms with Gasteiger partial charge >= 0.3 is 0 Å². The highest BCUT2D eigenvalue weighted by atomic mass is 32.2. The predicted molar refractivity (Wildman–Crippen MR) is 56.0 cm³/mol. The van der Waals surface area contributed by atoms with Gasteiger partial charge in [-0.05, 0) is 12.8 Å². The number of sulfone groups is 1. The van der Waals surface area contributed by atoms with Crippen LogP contribution in [-0.4, -0.2) is 44.9 Å². The average Bonchev–Trinajstić information content (AvgIpc) is 2.09. The molecule has 0 rings (SSSR count). The molecular weight excluding hydrogens is 204 g/mol. The van der Waals surface area contributed by atoms with Crippen molar-refractivity contribution >= 4 is 9.84 Å². The van der Waals surface area contributed by atoms with E-state index in [1.165, 1.54) is 13.4 Å². The third-order valence-electron chi connectivity index (χ3n) is 2.09. The number of aliphatic hydroxyl groups excluding tert-OH is 1. The van der Waals surface area contributed by atoms with Crippen LogP contribution in [0.2, 0.25) is 0 Å². The first-order valence-corrected chi connectivity index (χ1v) is 6.85. The van der Waals surface area contributed by atoms with Crippen LogP contribution in [0.15, 0.2) is 0 Å². The normalized spacial score (nSPS) is 16.6. The Balaban J connectivity index is 3.98. The average molecular weight is 224 g/mol. The minimum absolute atomic E-state index is 0.0116. The third kappa shape index (κ3) is 6.34. The van der Waals surface area contributed by atoms with Gasteiger partial charge in [-0.1, -0.05) is 13.3 Å². The summed E-state index contributed by atoms with van der Waals surface area (Å²) in [6.45, 7) is 2.00. The first-order valence-electron chi connectivity index (χ1n) is 4.79. The number of hydrogen-bond acceptors (Lipinski definition) is 4. The van der Waals surface area contributed by atoms with Crippen molar-refractivity contribution in [1.82, 2.24) is 0 Å². The summed E-state index contributed by atoms with van der Waals surface area (Å²) in [4.78, 5) is 0. The number of aliphatic hydroxyl groups is 1. The van der Waals surface area contributed by atoms with Crippen molar-refractivity contribution < 1.29 is 18.3 Å². The molecule has 0 fully saturated rings. The van der Waals surface area contributed by atoms with Gasteiger partial charge in [0.1, 0.15) is 9.84 Å². The largest absolute Gasteiger partial charge is 0.390 e. The fourth-order valence-corrected chi connectivity index (χ4v) is 1.94.